The molecule has 1 saturated heterocycles. The smallest absolute Gasteiger partial charge is 0.253 e. The van der Waals surface area contributed by atoms with Crippen molar-refractivity contribution in [1.29, 1.82) is 0 Å². The van der Waals surface area contributed by atoms with E-state index in [0.29, 0.717) is 6.54 Å². The van der Waals surface area contributed by atoms with Gasteiger partial charge in [0.15, 0.2) is 4.34 Å². The van der Waals surface area contributed by atoms with Crippen LogP contribution in [0.5, 0.6) is 0 Å². The molecule has 3 N–H and O–H groups in total. The molecule has 0 saturated carbocycles. The van der Waals surface area contributed by atoms with E-state index >= 15 is 0 Å². The fourth-order valence-corrected chi connectivity index (χ4v) is 4.19. The lowest BCUT2D eigenvalue weighted by Gasteiger charge is -2.12. The highest BCUT2D eigenvalue weighted by Crippen LogP contribution is 2.31. The minimum absolute atomic E-state index is 0.00581. The quantitative estimate of drug-likeness (QED) is 0.867. The first-order valence-corrected chi connectivity index (χ1v) is 9.20. The normalized spacial score (nSPS) is 20.6. The van der Waals surface area contributed by atoms with E-state index in [2.05, 4.69) is 10.3 Å². The first-order chi connectivity index (χ1) is 11.1. The molecule has 0 unspecified atom stereocenters. The molecule has 5 nitrogen and oxygen atoms in total. The highest BCUT2D eigenvalue weighted by molar-refractivity contribution is 8.01. The molecule has 122 valence electrons. The molecule has 1 aliphatic heterocycles. The van der Waals surface area contributed by atoms with Crippen LogP contribution in [0.3, 0.4) is 0 Å². The molecule has 3 rings (SSSR count). The Bertz CT molecular complexity index is 672. The number of rotatable bonds is 5. The lowest BCUT2D eigenvalue weighted by Crippen LogP contribution is -2.29. The van der Waals surface area contributed by atoms with Crippen molar-refractivity contribution in [2.45, 2.75) is 41.2 Å². The van der Waals surface area contributed by atoms with Gasteiger partial charge in [-0.25, -0.2) is 4.98 Å². The molecule has 0 spiro atoms. The number of carbonyl (C=O) groups excluding carboxylic acids is 1. The summed E-state index contributed by atoms with van der Waals surface area (Å²) in [7, 11) is 0. The average Bonchev–Trinajstić information content (AvgIpc) is 3.18. The number of anilines is 1. The fourth-order valence-electron chi connectivity index (χ4n) is 2.38. The predicted octanol–water partition coefficient (Wildman–Crippen LogP) is 3.05. The second-order valence-corrected chi connectivity index (χ2v) is 7.61. The van der Waals surface area contributed by atoms with Crippen LogP contribution >= 0.6 is 23.1 Å². The summed E-state index contributed by atoms with van der Waals surface area (Å²) in [6, 6.07) is 7.76. The van der Waals surface area contributed by atoms with Crippen molar-refractivity contribution in [3.05, 3.63) is 35.3 Å². The van der Waals surface area contributed by atoms with Crippen LogP contribution in [0.1, 0.15) is 18.5 Å². The Morgan fingerprint density at radius 2 is 2.22 bits per heavy atom. The van der Waals surface area contributed by atoms with Crippen molar-refractivity contribution in [3.63, 3.8) is 0 Å². The van der Waals surface area contributed by atoms with E-state index in [1.54, 1.807) is 23.1 Å². The number of aromatic nitrogens is 1. The van der Waals surface area contributed by atoms with E-state index in [9.17, 15) is 4.79 Å². The maximum atomic E-state index is 12.2. The van der Waals surface area contributed by atoms with Crippen molar-refractivity contribution in [1.82, 2.24) is 4.98 Å². The molecule has 1 fully saturated rings. The molecule has 1 aliphatic rings. The zero-order valence-electron chi connectivity index (χ0n) is 12.8. The van der Waals surface area contributed by atoms with Crippen LogP contribution in [-0.4, -0.2) is 29.6 Å². The van der Waals surface area contributed by atoms with Crippen molar-refractivity contribution in [2.75, 3.05) is 11.9 Å². The number of carbonyl (C=O) groups is 1. The third kappa shape index (κ3) is 4.32. The molecule has 23 heavy (non-hydrogen) atoms. The standard InChI is InChI=1S/C16H19N3O2S2/c1-10-9-22-16(18-10)23-13-5-2-11(3-6-13)19-15(20)14-7-4-12(8-17)21-14/h2-3,5-6,9,12,14H,4,7-8,17H2,1H3,(H,19,20)/t12-,14+/m1/s1. The summed E-state index contributed by atoms with van der Waals surface area (Å²) >= 11 is 3.25. The molecule has 7 heteroatoms. The maximum absolute atomic E-state index is 12.2. The van der Waals surface area contributed by atoms with Gasteiger partial charge in [0.2, 0.25) is 0 Å². The number of ether oxygens (including phenoxy) is 1. The molecule has 1 amide bonds. The van der Waals surface area contributed by atoms with Crippen LogP contribution in [0, 0.1) is 6.92 Å². The van der Waals surface area contributed by atoms with Gasteiger partial charge in [-0.2, -0.15) is 0 Å². The Kier molecular flexibility index (Phi) is 5.32. The van der Waals surface area contributed by atoms with Gasteiger partial charge in [-0.15, -0.1) is 11.3 Å². The first-order valence-electron chi connectivity index (χ1n) is 7.50. The molecule has 2 atom stereocenters. The molecular weight excluding hydrogens is 330 g/mol. The van der Waals surface area contributed by atoms with Crippen molar-refractivity contribution >= 4 is 34.7 Å². The van der Waals surface area contributed by atoms with Gasteiger partial charge in [0.1, 0.15) is 6.10 Å². The highest BCUT2D eigenvalue weighted by atomic mass is 32.2. The maximum Gasteiger partial charge on any atom is 0.253 e. The zero-order valence-corrected chi connectivity index (χ0v) is 14.5. The second kappa shape index (κ2) is 7.44. The van der Waals surface area contributed by atoms with Crippen LogP contribution in [0.15, 0.2) is 38.9 Å². The summed E-state index contributed by atoms with van der Waals surface area (Å²) in [6.07, 6.45) is 1.18. The number of nitrogens with one attached hydrogen (secondary N) is 1. The Hall–Kier alpha value is -1.41. The van der Waals surface area contributed by atoms with E-state index < -0.39 is 6.10 Å². The van der Waals surface area contributed by atoms with E-state index in [1.807, 2.05) is 36.6 Å². The molecule has 1 aromatic heterocycles. The molecule has 0 bridgehead atoms. The van der Waals surface area contributed by atoms with Crippen molar-refractivity contribution in [3.8, 4) is 0 Å². The lowest BCUT2D eigenvalue weighted by molar-refractivity contribution is -0.126. The number of nitrogens with zero attached hydrogens (tertiary/aromatic N) is 1. The van der Waals surface area contributed by atoms with Crippen molar-refractivity contribution in [2.24, 2.45) is 5.73 Å². The van der Waals surface area contributed by atoms with Gasteiger partial charge in [-0.1, -0.05) is 11.8 Å². The Balaban J connectivity index is 1.56. The van der Waals surface area contributed by atoms with E-state index in [0.717, 1.165) is 33.5 Å². The number of aryl methyl sites for hydroxylation is 1. The van der Waals surface area contributed by atoms with Crippen LogP contribution in [0.25, 0.3) is 0 Å². The number of hydrogen-bond acceptors (Lipinski definition) is 6. The van der Waals surface area contributed by atoms with Crippen LogP contribution in [-0.2, 0) is 9.53 Å². The van der Waals surface area contributed by atoms with E-state index in [-0.39, 0.29) is 12.0 Å². The number of benzene rings is 1. The largest absolute Gasteiger partial charge is 0.364 e. The summed E-state index contributed by atoms with van der Waals surface area (Å²) in [6.45, 7) is 2.45. The molecule has 0 aliphatic carbocycles. The number of hydrogen-bond donors (Lipinski definition) is 2. The summed E-state index contributed by atoms with van der Waals surface area (Å²) in [5.41, 5.74) is 7.38. The Morgan fingerprint density at radius 1 is 1.43 bits per heavy atom. The van der Waals surface area contributed by atoms with Gasteiger partial charge in [-0.3, -0.25) is 4.79 Å². The second-order valence-electron chi connectivity index (χ2n) is 5.43. The van der Waals surface area contributed by atoms with Crippen LogP contribution in [0.2, 0.25) is 0 Å². The van der Waals surface area contributed by atoms with Crippen LogP contribution < -0.4 is 11.1 Å². The van der Waals surface area contributed by atoms with Gasteiger partial charge in [0.25, 0.3) is 5.91 Å². The highest BCUT2D eigenvalue weighted by Gasteiger charge is 2.29. The average molecular weight is 349 g/mol. The molecule has 1 aromatic carbocycles. The van der Waals surface area contributed by atoms with E-state index in [1.165, 1.54) is 0 Å². The van der Waals surface area contributed by atoms with Gasteiger partial charge >= 0.3 is 0 Å². The summed E-state index contributed by atoms with van der Waals surface area (Å²) in [5.74, 6) is -0.100. The first kappa shape index (κ1) is 16.4. The minimum Gasteiger partial charge on any atom is -0.364 e. The Labute approximate surface area is 143 Å². The number of thiazole rings is 1. The third-order valence-corrected chi connectivity index (χ3v) is 5.65. The molecule has 2 aromatic rings. The Morgan fingerprint density at radius 3 is 2.83 bits per heavy atom. The summed E-state index contributed by atoms with van der Waals surface area (Å²) in [5, 5.41) is 4.93. The SMILES string of the molecule is Cc1csc(Sc2ccc(NC(=O)[C@@H]3CC[C@H](CN)O3)cc2)n1. The monoisotopic (exact) mass is 349 g/mol. The number of nitrogens with two attached hydrogens (primary N) is 1. The summed E-state index contributed by atoms with van der Waals surface area (Å²) < 4.78 is 6.62. The van der Waals surface area contributed by atoms with Crippen molar-refractivity contribution < 1.29 is 9.53 Å². The minimum atomic E-state index is -0.393. The van der Waals surface area contributed by atoms with Gasteiger partial charge in [-0.05, 0) is 44.0 Å². The van der Waals surface area contributed by atoms with E-state index in [4.69, 9.17) is 10.5 Å². The fraction of sp³-hybridized carbons (Fsp3) is 0.375. The molecular formula is C16H19N3O2S2. The molecule has 2 heterocycles. The summed E-state index contributed by atoms with van der Waals surface area (Å²) in [4.78, 5) is 17.7. The zero-order chi connectivity index (χ0) is 16.2. The van der Waals surface area contributed by atoms with Gasteiger partial charge in [0, 0.05) is 28.2 Å². The van der Waals surface area contributed by atoms with Gasteiger partial charge in [0.05, 0.1) is 6.10 Å². The third-order valence-electron chi connectivity index (χ3n) is 3.59. The predicted molar refractivity (Wildman–Crippen MR) is 93.0 cm³/mol. The molecule has 0 radical (unpaired) electrons. The number of amides is 1. The lowest BCUT2D eigenvalue weighted by atomic mass is 10.2. The topological polar surface area (TPSA) is 77.2 Å². The van der Waals surface area contributed by atoms with Gasteiger partial charge < -0.3 is 15.8 Å². The van der Waals surface area contributed by atoms with Crippen LogP contribution in [0.4, 0.5) is 5.69 Å².